The lowest BCUT2D eigenvalue weighted by Gasteiger charge is -2.47. The summed E-state index contributed by atoms with van der Waals surface area (Å²) in [6.45, 7) is 11.9. The minimum Gasteiger partial charge on any atom is -0.462 e. The number of primary amides is 1. The summed E-state index contributed by atoms with van der Waals surface area (Å²) in [5.41, 5.74) is 5.68. The first-order valence-corrected chi connectivity index (χ1v) is 14.0. The van der Waals surface area contributed by atoms with E-state index < -0.39 is 77.6 Å². The predicted molar refractivity (Wildman–Crippen MR) is 148 cm³/mol. The molecular formula is C30H39NO12. The fourth-order valence-electron chi connectivity index (χ4n) is 5.60. The van der Waals surface area contributed by atoms with Crippen LogP contribution in [0.3, 0.4) is 0 Å². The van der Waals surface area contributed by atoms with Crippen LogP contribution in [0.15, 0.2) is 6.07 Å². The molecule has 1 saturated heterocycles. The standard InChI is InChI=1S/C30H39NO12/c1-13-19-9-20(43-29(37)27(19)23(40-17(5)34)10-21(13)38-15(3)32)14(2)22(39-16(4)33)11-26-30(7,8)25(41-18(6)35)12-24(42-26)28(31)36/h10,14,20,22,24-26H,9,11-12H2,1-8H3,(H2,31,36)/t14-,20+,22-,24-,25+,26?/m0/s1. The van der Waals surface area contributed by atoms with Gasteiger partial charge in [0, 0.05) is 64.4 Å². The van der Waals surface area contributed by atoms with Gasteiger partial charge in [-0.2, -0.15) is 0 Å². The number of nitrogens with two attached hydrogens (primary N) is 1. The van der Waals surface area contributed by atoms with Crippen LogP contribution in [0.2, 0.25) is 0 Å². The highest BCUT2D eigenvalue weighted by Gasteiger charge is 2.50. The van der Waals surface area contributed by atoms with Crippen LogP contribution in [-0.4, -0.2) is 66.3 Å². The normalized spacial score (nSPS) is 24.0. The molecule has 1 unspecified atom stereocenters. The second-order valence-corrected chi connectivity index (χ2v) is 11.6. The molecule has 0 bridgehead atoms. The predicted octanol–water partition coefficient (Wildman–Crippen LogP) is 2.49. The number of benzene rings is 1. The van der Waals surface area contributed by atoms with E-state index in [1.807, 2.05) is 13.8 Å². The van der Waals surface area contributed by atoms with Crippen molar-refractivity contribution in [1.82, 2.24) is 0 Å². The van der Waals surface area contributed by atoms with E-state index in [1.165, 1.54) is 33.8 Å². The number of carbonyl (C=O) groups is 6. The van der Waals surface area contributed by atoms with Gasteiger partial charge in [-0.1, -0.05) is 20.8 Å². The number of rotatable bonds is 9. The van der Waals surface area contributed by atoms with Gasteiger partial charge >= 0.3 is 29.8 Å². The summed E-state index contributed by atoms with van der Waals surface area (Å²) in [5, 5.41) is 0. The molecule has 0 aliphatic carbocycles. The molecule has 3 rings (SSSR count). The highest BCUT2D eigenvalue weighted by Crippen LogP contribution is 2.43. The van der Waals surface area contributed by atoms with Crippen molar-refractivity contribution in [3.63, 3.8) is 0 Å². The molecule has 1 fully saturated rings. The zero-order valence-electron chi connectivity index (χ0n) is 25.6. The summed E-state index contributed by atoms with van der Waals surface area (Å²) in [4.78, 5) is 73.0. The average Bonchev–Trinajstić information content (AvgIpc) is 2.86. The highest BCUT2D eigenvalue weighted by atomic mass is 16.6. The molecule has 2 aliphatic rings. The molecule has 43 heavy (non-hydrogen) atoms. The van der Waals surface area contributed by atoms with Crippen LogP contribution in [0.5, 0.6) is 11.5 Å². The first kappa shape index (κ1) is 33.5. The van der Waals surface area contributed by atoms with Crippen LogP contribution in [0.1, 0.15) is 82.8 Å². The number of esters is 5. The number of fused-ring (bicyclic) bond motifs is 1. The Morgan fingerprint density at radius 2 is 1.60 bits per heavy atom. The third-order valence-corrected chi connectivity index (χ3v) is 7.99. The second-order valence-electron chi connectivity index (χ2n) is 11.6. The van der Waals surface area contributed by atoms with Crippen molar-refractivity contribution in [2.24, 2.45) is 17.1 Å². The minimum atomic E-state index is -1.04. The van der Waals surface area contributed by atoms with Gasteiger partial charge in [-0.05, 0) is 18.1 Å². The van der Waals surface area contributed by atoms with E-state index in [0.29, 0.717) is 11.1 Å². The Balaban J connectivity index is 1.99. The molecular weight excluding hydrogens is 566 g/mol. The second kappa shape index (κ2) is 13.1. The van der Waals surface area contributed by atoms with Crippen molar-refractivity contribution in [2.75, 3.05) is 0 Å². The summed E-state index contributed by atoms with van der Waals surface area (Å²) < 4.78 is 33.7. The number of hydrogen-bond acceptors (Lipinski definition) is 12. The molecule has 1 aromatic carbocycles. The Hall–Kier alpha value is -4.00. The van der Waals surface area contributed by atoms with E-state index >= 15 is 0 Å². The summed E-state index contributed by atoms with van der Waals surface area (Å²) in [7, 11) is 0. The van der Waals surface area contributed by atoms with Crippen molar-refractivity contribution in [3.8, 4) is 11.5 Å². The number of hydrogen-bond donors (Lipinski definition) is 1. The Labute approximate surface area is 249 Å². The SMILES string of the molecule is CC(=O)Oc1cc(OC(C)=O)c2c(c1C)C[C@H]([C@H](C)[C@H](CC1O[C@H](C(N)=O)C[C@@H](OC(C)=O)C1(C)C)OC(C)=O)OC2=O. The minimum absolute atomic E-state index is 0.0290. The molecule has 236 valence electrons. The van der Waals surface area contributed by atoms with Crippen molar-refractivity contribution in [1.29, 1.82) is 0 Å². The third-order valence-electron chi connectivity index (χ3n) is 7.99. The summed E-state index contributed by atoms with van der Waals surface area (Å²) in [6.07, 6.45) is -3.98. The maximum Gasteiger partial charge on any atom is 0.342 e. The first-order valence-electron chi connectivity index (χ1n) is 14.0. The molecule has 0 saturated carbocycles. The smallest absolute Gasteiger partial charge is 0.342 e. The molecule has 2 N–H and O–H groups in total. The average molecular weight is 606 g/mol. The van der Waals surface area contributed by atoms with E-state index in [4.69, 9.17) is 34.2 Å². The molecule has 13 nitrogen and oxygen atoms in total. The Kier molecular flexibility index (Phi) is 10.2. The molecule has 2 aliphatic heterocycles. The van der Waals surface area contributed by atoms with Gasteiger partial charge in [-0.15, -0.1) is 0 Å². The van der Waals surface area contributed by atoms with Gasteiger partial charge in [-0.25, -0.2) is 4.79 Å². The quantitative estimate of drug-likeness (QED) is 0.247. The van der Waals surface area contributed by atoms with Crippen LogP contribution < -0.4 is 15.2 Å². The number of amides is 1. The van der Waals surface area contributed by atoms with Crippen LogP contribution in [0, 0.1) is 18.3 Å². The topological polar surface area (TPSA) is 184 Å². The van der Waals surface area contributed by atoms with Gasteiger partial charge in [0.2, 0.25) is 5.91 Å². The summed E-state index contributed by atoms with van der Waals surface area (Å²) in [6, 6.07) is 1.29. The molecule has 1 amide bonds. The number of ether oxygens (including phenoxy) is 6. The van der Waals surface area contributed by atoms with Gasteiger partial charge in [0.1, 0.15) is 41.5 Å². The summed E-state index contributed by atoms with van der Waals surface area (Å²) in [5.74, 6) is -4.52. The fraction of sp³-hybridized carbons (Fsp3) is 0.600. The van der Waals surface area contributed by atoms with E-state index in [2.05, 4.69) is 0 Å². The zero-order chi connectivity index (χ0) is 32.4. The first-order chi connectivity index (χ1) is 19.9. The zero-order valence-corrected chi connectivity index (χ0v) is 25.6. The molecule has 6 atom stereocenters. The van der Waals surface area contributed by atoms with Crippen LogP contribution in [0.25, 0.3) is 0 Å². The number of carbonyl (C=O) groups excluding carboxylic acids is 6. The Bertz CT molecular complexity index is 1320. The molecule has 13 heteroatoms. The largest absolute Gasteiger partial charge is 0.462 e. The van der Waals surface area contributed by atoms with Gasteiger partial charge in [0.05, 0.1) is 6.10 Å². The van der Waals surface area contributed by atoms with Crippen LogP contribution in [-0.2, 0) is 49.3 Å². The monoisotopic (exact) mass is 605 g/mol. The van der Waals surface area contributed by atoms with Crippen LogP contribution >= 0.6 is 0 Å². The van der Waals surface area contributed by atoms with Crippen LogP contribution in [0.4, 0.5) is 0 Å². The lowest BCUT2D eigenvalue weighted by Crippen LogP contribution is -2.56. The fourth-order valence-corrected chi connectivity index (χ4v) is 5.60. The van der Waals surface area contributed by atoms with E-state index in [1.54, 1.807) is 13.8 Å². The maximum atomic E-state index is 13.3. The maximum absolute atomic E-state index is 13.3. The molecule has 1 aromatic rings. The van der Waals surface area contributed by atoms with Crippen molar-refractivity contribution in [3.05, 3.63) is 22.8 Å². The van der Waals surface area contributed by atoms with Crippen molar-refractivity contribution in [2.45, 2.75) is 105 Å². The Morgan fingerprint density at radius 1 is 1.00 bits per heavy atom. The van der Waals surface area contributed by atoms with Gasteiger partial charge in [-0.3, -0.25) is 24.0 Å². The third kappa shape index (κ3) is 7.70. The van der Waals surface area contributed by atoms with Gasteiger partial charge < -0.3 is 34.2 Å². The highest BCUT2D eigenvalue weighted by molar-refractivity contribution is 5.97. The van der Waals surface area contributed by atoms with Crippen molar-refractivity contribution < 1.29 is 57.2 Å². The number of cyclic esters (lactones) is 1. The van der Waals surface area contributed by atoms with E-state index in [9.17, 15) is 28.8 Å². The molecule has 0 aromatic heterocycles. The van der Waals surface area contributed by atoms with Gasteiger partial charge in [0.15, 0.2) is 0 Å². The van der Waals surface area contributed by atoms with E-state index in [-0.39, 0.29) is 36.3 Å². The molecule has 2 heterocycles. The van der Waals surface area contributed by atoms with Crippen molar-refractivity contribution >= 4 is 35.8 Å². The lowest BCUT2D eigenvalue weighted by atomic mass is 9.72. The van der Waals surface area contributed by atoms with E-state index in [0.717, 1.165) is 0 Å². The lowest BCUT2D eigenvalue weighted by molar-refractivity contribution is -0.206. The Morgan fingerprint density at radius 3 is 2.14 bits per heavy atom. The summed E-state index contributed by atoms with van der Waals surface area (Å²) >= 11 is 0. The molecule has 0 radical (unpaired) electrons. The van der Waals surface area contributed by atoms with Gasteiger partial charge in [0.25, 0.3) is 0 Å². The molecule has 0 spiro atoms.